The Bertz CT molecular complexity index is 1800. The minimum Gasteiger partial charge on any atom is -0.494 e. The standard InChI is InChI=1S/C27H33N7O5S2/c1-15-9-10-17(25(28)35)22(18-11-16(27(2,3)4)12-19(24(18)39-6)31-41(8,37)38)23(15)34-14-20(30-32-34)21-13-29-26(33(21)5)40(7)36/h9-14,31H,1-8H3,(H2,28,35). The number of anilines is 1. The van der Waals surface area contributed by atoms with Gasteiger partial charge in [0.2, 0.25) is 15.9 Å². The monoisotopic (exact) mass is 599 g/mol. The SMILES string of the molecule is COc1c(NS(C)(=O)=O)cc(C(C)(C)C)cc1-c1c(C(N)=O)ccc(C)c1-n1cc(-c2cnc(S(C)=O)n2C)nn1. The second kappa shape index (κ2) is 10.7. The quantitative estimate of drug-likeness (QED) is 0.312. The first-order chi connectivity index (χ1) is 19.0. The van der Waals surface area contributed by atoms with Crippen molar-refractivity contribution in [1.29, 1.82) is 0 Å². The van der Waals surface area contributed by atoms with Gasteiger partial charge in [0, 0.05) is 30.0 Å². The Morgan fingerprint density at radius 1 is 1.20 bits per heavy atom. The molecule has 3 N–H and O–H groups in total. The van der Waals surface area contributed by atoms with Crippen molar-refractivity contribution in [3.8, 4) is 34.0 Å². The van der Waals surface area contributed by atoms with Gasteiger partial charge < -0.3 is 15.0 Å². The maximum Gasteiger partial charge on any atom is 0.249 e. The average molecular weight is 600 g/mol. The van der Waals surface area contributed by atoms with Gasteiger partial charge in [-0.2, -0.15) is 0 Å². The Kier molecular flexibility index (Phi) is 7.84. The summed E-state index contributed by atoms with van der Waals surface area (Å²) in [6, 6.07) is 6.94. The smallest absolute Gasteiger partial charge is 0.249 e. The lowest BCUT2D eigenvalue weighted by molar-refractivity contribution is 0.100. The second-order valence-corrected chi connectivity index (χ2v) is 13.8. The van der Waals surface area contributed by atoms with Crippen LogP contribution in [-0.2, 0) is 33.3 Å². The summed E-state index contributed by atoms with van der Waals surface area (Å²) >= 11 is 0. The lowest BCUT2D eigenvalue weighted by atomic mass is 9.83. The molecule has 0 fully saturated rings. The van der Waals surface area contributed by atoms with Crippen molar-refractivity contribution in [3.63, 3.8) is 0 Å². The molecule has 0 saturated carbocycles. The minimum absolute atomic E-state index is 0.182. The summed E-state index contributed by atoms with van der Waals surface area (Å²) in [5.74, 6) is -0.482. The number of imidazole rings is 1. The number of methoxy groups -OCH3 is 1. The Morgan fingerprint density at radius 2 is 1.88 bits per heavy atom. The van der Waals surface area contributed by atoms with Crippen molar-refractivity contribution in [3.05, 3.63) is 53.3 Å². The first kappa shape index (κ1) is 29.9. The van der Waals surface area contributed by atoms with E-state index in [1.807, 2.05) is 33.8 Å². The third kappa shape index (κ3) is 5.88. The molecule has 2 heterocycles. The van der Waals surface area contributed by atoms with E-state index >= 15 is 0 Å². The first-order valence-corrected chi connectivity index (χ1v) is 15.9. The molecule has 1 unspecified atom stereocenters. The number of sulfonamides is 1. The number of hydrogen-bond acceptors (Lipinski definition) is 8. The number of carbonyl (C=O) groups is 1. The summed E-state index contributed by atoms with van der Waals surface area (Å²) in [5, 5.41) is 9.07. The summed E-state index contributed by atoms with van der Waals surface area (Å²) in [4.78, 5) is 17.0. The molecule has 4 aromatic rings. The van der Waals surface area contributed by atoms with E-state index in [0.29, 0.717) is 33.4 Å². The number of carbonyl (C=O) groups excluding carboxylic acids is 1. The summed E-state index contributed by atoms with van der Waals surface area (Å²) in [5.41, 5.74) is 9.79. The molecule has 0 aliphatic heterocycles. The Hall–Kier alpha value is -4.04. The molecule has 0 saturated heterocycles. The van der Waals surface area contributed by atoms with Crippen LogP contribution in [0.1, 0.15) is 42.3 Å². The van der Waals surface area contributed by atoms with Gasteiger partial charge in [0.05, 0.1) is 53.6 Å². The van der Waals surface area contributed by atoms with Crippen molar-refractivity contribution in [1.82, 2.24) is 24.5 Å². The van der Waals surface area contributed by atoms with Crippen molar-refractivity contribution in [2.45, 2.75) is 38.3 Å². The summed E-state index contributed by atoms with van der Waals surface area (Å²) < 4.78 is 48.2. The highest BCUT2D eigenvalue weighted by Gasteiger charge is 2.27. The number of ether oxygens (including phenoxy) is 1. The molecule has 0 radical (unpaired) electrons. The van der Waals surface area contributed by atoms with Gasteiger partial charge in [0.1, 0.15) is 5.69 Å². The number of nitrogens with zero attached hydrogens (tertiary/aromatic N) is 5. The maximum absolute atomic E-state index is 12.8. The molecule has 0 aliphatic carbocycles. The second-order valence-electron chi connectivity index (χ2n) is 10.7. The van der Waals surface area contributed by atoms with Gasteiger partial charge in [-0.3, -0.25) is 13.7 Å². The molecule has 4 rings (SSSR count). The van der Waals surface area contributed by atoms with Crippen LogP contribution in [0, 0.1) is 6.92 Å². The number of primary amides is 1. The number of amides is 1. The van der Waals surface area contributed by atoms with E-state index in [1.165, 1.54) is 11.8 Å². The van der Waals surface area contributed by atoms with Gasteiger partial charge in [-0.15, -0.1) is 5.10 Å². The van der Waals surface area contributed by atoms with Crippen LogP contribution in [0.3, 0.4) is 0 Å². The lowest BCUT2D eigenvalue weighted by Crippen LogP contribution is -2.18. The third-order valence-electron chi connectivity index (χ3n) is 6.56. The summed E-state index contributed by atoms with van der Waals surface area (Å²) in [6.07, 6.45) is 5.83. The Labute approximate surface area is 241 Å². The van der Waals surface area contributed by atoms with E-state index in [4.69, 9.17) is 10.5 Å². The third-order valence-corrected chi connectivity index (χ3v) is 8.04. The fraction of sp³-hybridized carbons (Fsp3) is 0.333. The predicted octanol–water partition coefficient (Wildman–Crippen LogP) is 3.16. The summed E-state index contributed by atoms with van der Waals surface area (Å²) in [7, 11) is -1.82. The first-order valence-electron chi connectivity index (χ1n) is 12.5. The molecular formula is C27H33N7O5S2. The van der Waals surface area contributed by atoms with Crippen LogP contribution >= 0.6 is 0 Å². The molecule has 2 aromatic heterocycles. The van der Waals surface area contributed by atoms with E-state index in [9.17, 15) is 17.4 Å². The van der Waals surface area contributed by atoms with Crippen LogP contribution in [-0.4, -0.2) is 62.7 Å². The van der Waals surface area contributed by atoms with Gasteiger partial charge in [-0.05, 0) is 41.7 Å². The molecule has 0 aliphatic rings. The molecule has 1 atom stereocenters. The highest BCUT2D eigenvalue weighted by molar-refractivity contribution is 7.92. The van der Waals surface area contributed by atoms with Crippen LogP contribution in [0.5, 0.6) is 5.75 Å². The normalized spacial score (nSPS) is 12.8. The van der Waals surface area contributed by atoms with Gasteiger partial charge in [0.25, 0.3) is 0 Å². The van der Waals surface area contributed by atoms with E-state index < -0.39 is 32.1 Å². The maximum atomic E-state index is 12.8. The van der Waals surface area contributed by atoms with E-state index in [1.54, 1.807) is 48.5 Å². The van der Waals surface area contributed by atoms with Crippen molar-refractivity contribution in [2.75, 3.05) is 24.3 Å². The topological polar surface area (TPSA) is 164 Å². The predicted molar refractivity (Wildman–Crippen MR) is 158 cm³/mol. The van der Waals surface area contributed by atoms with Crippen LogP contribution < -0.4 is 15.2 Å². The van der Waals surface area contributed by atoms with E-state index in [2.05, 4.69) is 20.0 Å². The van der Waals surface area contributed by atoms with Crippen LogP contribution in [0.15, 0.2) is 41.8 Å². The van der Waals surface area contributed by atoms with Crippen molar-refractivity contribution >= 4 is 32.4 Å². The number of aryl methyl sites for hydroxylation is 1. The fourth-order valence-electron chi connectivity index (χ4n) is 4.60. The molecule has 12 nitrogen and oxygen atoms in total. The van der Waals surface area contributed by atoms with Gasteiger partial charge >= 0.3 is 0 Å². The minimum atomic E-state index is -3.68. The van der Waals surface area contributed by atoms with Crippen molar-refractivity contribution in [2.24, 2.45) is 12.8 Å². The lowest BCUT2D eigenvalue weighted by Gasteiger charge is -2.25. The summed E-state index contributed by atoms with van der Waals surface area (Å²) in [6.45, 7) is 7.82. The van der Waals surface area contributed by atoms with Crippen LogP contribution in [0.2, 0.25) is 0 Å². The highest BCUT2D eigenvalue weighted by atomic mass is 32.2. The van der Waals surface area contributed by atoms with Crippen LogP contribution in [0.25, 0.3) is 28.2 Å². The van der Waals surface area contributed by atoms with E-state index in [0.717, 1.165) is 17.4 Å². The molecule has 41 heavy (non-hydrogen) atoms. The van der Waals surface area contributed by atoms with Gasteiger partial charge in [0.15, 0.2) is 10.9 Å². The average Bonchev–Trinajstić information content (AvgIpc) is 3.48. The molecule has 1 amide bonds. The number of benzene rings is 2. The molecule has 0 spiro atoms. The number of aromatic nitrogens is 5. The Balaban J connectivity index is 2.08. The number of nitrogens with two attached hydrogens (primary N) is 1. The number of nitrogens with one attached hydrogen (secondary N) is 1. The molecular weight excluding hydrogens is 566 g/mol. The highest BCUT2D eigenvalue weighted by Crippen LogP contribution is 2.45. The number of rotatable bonds is 8. The molecule has 2 aromatic carbocycles. The zero-order chi connectivity index (χ0) is 30.4. The zero-order valence-electron chi connectivity index (χ0n) is 24.1. The zero-order valence-corrected chi connectivity index (χ0v) is 25.8. The Morgan fingerprint density at radius 3 is 2.41 bits per heavy atom. The van der Waals surface area contributed by atoms with E-state index in [-0.39, 0.29) is 17.0 Å². The van der Waals surface area contributed by atoms with Crippen LogP contribution in [0.4, 0.5) is 5.69 Å². The fourth-order valence-corrected chi connectivity index (χ4v) is 5.84. The number of hydrogen-bond donors (Lipinski definition) is 2. The van der Waals surface area contributed by atoms with Gasteiger partial charge in [-0.1, -0.05) is 32.1 Å². The van der Waals surface area contributed by atoms with Gasteiger partial charge in [-0.25, -0.2) is 18.1 Å². The molecule has 0 bridgehead atoms. The molecule has 218 valence electrons. The largest absolute Gasteiger partial charge is 0.494 e. The molecule has 14 heteroatoms. The van der Waals surface area contributed by atoms with Crippen molar-refractivity contribution < 1.29 is 22.2 Å².